The van der Waals surface area contributed by atoms with Crippen LogP contribution in [0.15, 0.2) is 59.1 Å². The minimum atomic E-state index is -3.96. The van der Waals surface area contributed by atoms with Crippen LogP contribution in [0, 0.1) is 10.6 Å². The molecule has 2 N–H and O–H groups in total. The van der Waals surface area contributed by atoms with Gasteiger partial charge >= 0.3 is 0 Å². The van der Waals surface area contributed by atoms with Gasteiger partial charge in [-0.15, -0.1) is 11.3 Å². The van der Waals surface area contributed by atoms with Gasteiger partial charge in [-0.2, -0.15) is 0 Å². The summed E-state index contributed by atoms with van der Waals surface area (Å²) in [5.41, 5.74) is 0. The number of H-pyrrole nitrogens is 1. The van der Waals surface area contributed by atoms with Gasteiger partial charge < -0.3 is 14.5 Å². The summed E-state index contributed by atoms with van der Waals surface area (Å²) in [5.74, 6) is 1.65. The maximum atomic E-state index is 13.3. The summed E-state index contributed by atoms with van der Waals surface area (Å²) in [6.45, 7) is 4.16. The lowest BCUT2D eigenvalue weighted by molar-refractivity contribution is 0.378. The van der Waals surface area contributed by atoms with E-state index in [-0.39, 0.29) is 32.1 Å². The largest absolute Gasteiger partial charge is 0.493 e. The van der Waals surface area contributed by atoms with Gasteiger partial charge in [0.15, 0.2) is 33.6 Å². The molecule has 4 aromatic rings. The summed E-state index contributed by atoms with van der Waals surface area (Å²) in [6.07, 6.45) is 3.88. The monoisotopic (exact) mass is 529 g/mol. The molecule has 0 saturated heterocycles. The molecule has 3 heterocycles. The molecule has 1 aromatic carbocycles. The topological polar surface area (TPSA) is 119 Å². The molecular formula is C23H23N5O4S3. The van der Waals surface area contributed by atoms with Crippen molar-refractivity contribution in [1.29, 1.82) is 0 Å². The molecule has 35 heavy (non-hydrogen) atoms. The second kappa shape index (κ2) is 10.5. The zero-order valence-corrected chi connectivity index (χ0v) is 21.6. The van der Waals surface area contributed by atoms with Crippen LogP contribution in [0.3, 0.4) is 0 Å². The third-order valence-electron chi connectivity index (χ3n) is 4.68. The number of sulfonamides is 1. The van der Waals surface area contributed by atoms with Gasteiger partial charge in [-0.25, -0.2) is 23.4 Å². The highest BCUT2D eigenvalue weighted by Crippen LogP contribution is 2.36. The molecule has 0 aliphatic rings. The molecule has 0 fully saturated rings. The predicted molar refractivity (Wildman–Crippen MR) is 137 cm³/mol. The number of thiophene rings is 1. The lowest BCUT2D eigenvalue weighted by Gasteiger charge is -2.15. The van der Waals surface area contributed by atoms with E-state index < -0.39 is 10.0 Å². The standard InChI is InChI=1S/C23H23N5O4S3/c1-14(2)13-15-9-10-18(34-15)35(29,30)28-20-19(32-17-8-5-4-7-16(17)31-3)23(33)27-22(26-20)21-24-11-6-12-25-21/h4-12,14H,13H2,1-3H3,(H2,26,27,28,33). The van der Waals surface area contributed by atoms with Crippen molar-refractivity contribution in [2.24, 2.45) is 5.92 Å². The first-order valence-electron chi connectivity index (χ1n) is 10.6. The Morgan fingerprint density at radius 2 is 1.80 bits per heavy atom. The third-order valence-corrected chi connectivity index (χ3v) is 7.91. The van der Waals surface area contributed by atoms with Gasteiger partial charge in [-0.05, 0) is 42.7 Å². The van der Waals surface area contributed by atoms with Crippen molar-refractivity contribution >= 4 is 39.4 Å². The molecule has 0 aliphatic carbocycles. The van der Waals surface area contributed by atoms with E-state index in [2.05, 4.69) is 38.5 Å². The number of ether oxygens (including phenoxy) is 2. The number of para-hydroxylation sites is 2. The van der Waals surface area contributed by atoms with Gasteiger partial charge in [0.2, 0.25) is 5.75 Å². The Morgan fingerprint density at radius 1 is 1.09 bits per heavy atom. The molecule has 0 radical (unpaired) electrons. The van der Waals surface area contributed by atoms with E-state index in [0.29, 0.717) is 17.4 Å². The van der Waals surface area contributed by atoms with Gasteiger partial charge in [0, 0.05) is 17.3 Å². The number of anilines is 1. The van der Waals surface area contributed by atoms with Crippen LogP contribution in [0.25, 0.3) is 11.6 Å². The van der Waals surface area contributed by atoms with Crippen LogP contribution < -0.4 is 14.2 Å². The number of aromatic nitrogens is 4. The lowest BCUT2D eigenvalue weighted by Crippen LogP contribution is -2.14. The molecular weight excluding hydrogens is 506 g/mol. The van der Waals surface area contributed by atoms with E-state index in [1.807, 2.05) is 6.07 Å². The van der Waals surface area contributed by atoms with E-state index >= 15 is 0 Å². The Balaban J connectivity index is 1.78. The van der Waals surface area contributed by atoms with Crippen molar-refractivity contribution in [3.05, 3.63) is 64.4 Å². The van der Waals surface area contributed by atoms with Gasteiger partial charge in [-0.1, -0.05) is 38.2 Å². The van der Waals surface area contributed by atoms with E-state index in [9.17, 15) is 8.42 Å². The fourth-order valence-electron chi connectivity index (χ4n) is 3.17. The van der Waals surface area contributed by atoms with E-state index in [1.165, 1.54) is 18.4 Å². The van der Waals surface area contributed by atoms with E-state index in [0.717, 1.165) is 11.3 Å². The van der Waals surface area contributed by atoms with Crippen LogP contribution in [0.1, 0.15) is 18.7 Å². The van der Waals surface area contributed by atoms with Crippen molar-refractivity contribution < 1.29 is 17.9 Å². The van der Waals surface area contributed by atoms with Crippen LogP contribution in [-0.2, 0) is 16.4 Å². The molecule has 0 aliphatic heterocycles. The Bertz CT molecular complexity index is 1480. The fourth-order valence-corrected chi connectivity index (χ4v) is 6.00. The highest BCUT2D eigenvalue weighted by molar-refractivity contribution is 7.94. The number of benzene rings is 1. The van der Waals surface area contributed by atoms with Gasteiger partial charge in [0.25, 0.3) is 10.0 Å². The summed E-state index contributed by atoms with van der Waals surface area (Å²) in [7, 11) is -2.46. The summed E-state index contributed by atoms with van der Waals surface area (Å²) < 4.78 is 40.7. The number of rotatable bonds is 9. The molecule has 182 valence electrons. The molecule has 0 unspecified atom stereocenters. The SMILES string of the molecule is COc1ccccc1Oc1c(NS(=O)(=O)c2ccc(CC(C)C)s2)[nH]c(-c2ncccn2)nc1=S. The highest BCUT2D eigenvalue weighted by atomic mass is 32.2. The van der Waals surface area contributed by atoms with Crippen LogP contribution >= 0.6 is 23.6 Å². The number of hydrogen-bond acceptors (Lipinski definition) is 9. The predicted octanol–water partition coefficient (Wildman–Crippen LogP) is 5.46. The quantitative estimate of drug-likeness (QED) is 0.274. The smallest absolute Gasteiger partial charge is 0.272 e. The van der Waals surface area contributed by atoms with Gasteiger partial charge in [-0.3, -0.25) is 4.72 Å². The number of nitrogens with one attached hydrogen (secondary N) is 2. The molecule has 0 saturated carbocycles. The number of methoxy groups -OCH3 is 1. The Kier molecular flexibility index (Phi) is 7.43. The second-order valence-electron chi connectivity index (χ2n) is 7.84. The molecule has 0 bridgehead atoms. The van der Waals surface area contributed by atoms with Crippen LogP contribution in [0.2, 0.25) is 0 Å². The third kappa shape index (κ3) is 5.84. The summed E-state index contributed by atoms with van der Waals surface area (Å²) in [5, 5.41) is 0. The lowest BCUT2D eigenvalue weighted by atomic mass is 10.1. The molecule has 12 heteroatoms. The fraction of sp³-hybridized carbons (Fsp3) is 0.217. The minimum Gasteiger partial charge on any atom is -0.493 e. The van der Waals surface area contributed by atoms with Crippen LogP contribution in [0.4, 0.5) is 5.82 Å². The van der Waals surface area contributed by atoms with Crippen molar-refractivity contribution in [2.45, 2.75) is 24.5 Å². The van der Waals surface area contributed by atoms with E-state index in [1.54, 1.807) is 48.8 Å². The molecule has 3 aromatic heterocycles. The Morgan fingerprint density at radius 3 is 2.49 bits per heavy atom. The molecule has 0 atom stereocenters. The normalized spacial score (nSPS) is 11.4. The average molecular weight is 530 g/mol. The van der Waals surface area contributed by atoms with Crippen molar-refractivity contribution in [3.63, 3.8) is 0 Å². The first kappa shape index (κ1) is 24.8. The Hall–Kier alpha value is -3.35. The molecule has 0 spiro atoms. The maximum Gasteiger partial charge on any atom is 0.272 e. The van der Waals surface area contributed by atoms with Crippen molar-refractivity contribution in [3.8, 4) is 28.9 Å². The molecule has 4 rings (SSSR count). The summed E-state index contributed by atoms with van der Waals surface area (Å²) in [4.78, 5) is 16.6. The van der Waals surface area contributed by atoms with Crippen molar-refractivity contribution in [2.75, 3.05) is 11.8 Å². The summed E-state index contributed by atoms with van der Waals surface area (Å²) >= 11 is 6.69. The zero-order valence-electron chi connectivity index (χ0n) is 19.2. The van der Waals surface area contributed by atoms with Gasteiger partial charge in [0.1, 0.15) is 4.21 Å². The maximum absolute atomic E-state index is 13.3. The number of nitrogens with zero attached hydrogens (tertiary/aromatic N) is 3. The van der Waals surface area contributed by atoms with Crippen LogP contribution in [-0.4, -0.2) is 35.5 Å². The Labute approximate surface area is 212 Å². The first-order valence-corrected chi connectivity index (χ1v) is 13.3. The molecule has 9 nitrogen and oxygen atoms in total. The van der Waals surface area contributed by atoms with E-state index in [4.69, 9.17) is 21.7 Å². The van der Waals surface area contributed by atoms with Crippen LogP contribution in [0.5, 0.6) is 17.2 Å². The number of hydrogen-bond donors (Lipinski definition) is 2. The average Bonchev–Trinajstić information content (AvgIpc) is 3.30. The first-order chi connectivity index (χ1) is 16.8. The number of aromatic amines is 1. The summed E-state index contributed by atoms with van der Waals surface area (Å²) in [6, 6.07) is 12.0. The molecule has 0 amide bonds. The highest BCUT2D eigenvalue weighted by Gasteiger charge is 2.23. The zero-order chi connectivity index (χ0) is 25.0. The van der Waals surface area contributed by atoms with Crippen molar-refractivity contribution in [1.82, 2.24) is 19.9 Å². The minimum absolute atomic E-state index is 0.00262. The van der Waals surface area contributed by atoms with Gasteiger partial charge in [0.05, 0.1) is 7.11 Å². The second-order valence-corrected chi connectivity index (χ2v) is 11.3.